The van der Waals surface area contributed by atoms with Crippen LogP contribution in [0.4, 0.5) is 9.18 Å². The molecule has 0 N–H and O–H groups in total. The normalized spacial score (nSPS) is 16.7. The highest BCUT2D eigenvalue weighted by molar-refractivity contribution is 14.2. The Labute approximate surface area is 253 Å². The summed E-state index contributed by atoms with van der Waals surface area (Å²) in [6, 6.07) is 22.7. The third-order valence-corrected chi connectivity index (χ3v) is 8.07. The fraction of sp³-hybridized carbons (Fsp3) is 0.259. The minimum absolute atomic E-state index is 0.119. The number of rotatable bonds is 12. The molecule has 0 aromatic heterocycles. The van der Waals surface area contributed by atoms with E-state index >= 15 is 0 Å². The average molecular weight is 779 g/mol. The largest absolute Gasteiger partial charge is 0.446 e. The maximum atomic E-state index is 14.0. The van der Waals surface area contributed by atoms with Crippen molar-refractivity contribution in [2.24, 2.45) is 5.92 Å². The van der Waals surface area contributed by atoms with Crippen molar-refractivity contribution in [1.82, 2.24) is 4.90 Å². The number of amides is 2. The van der Waals surface area contributed by atoms with Crippen molar-refractivity contribution in [3.8, 4) is 5.75 Å². The molecule has 3 atom stereocenters. The summed E-state index contributed by atoms with van der Waals surface area (Å²) in [6.07, 6.45) is 0.398. The topological polar surface area (TPSA) is 65.1 Å². The fourth-order valence-corrected chi connectivity index (χ4v) is 6.29. The van der Waals surface area contributed by atoms with Gasteiger partial charge in [-0.25, -0.2) is 14.1 Å². The Bertz CT molecular complexity index is 1200. The van der Waals surface area contributed by atoms with E-state index in [1.807, 2.05) is 75.8 Å². The van der Waals surface area contributed by atoms with Crippen molar-refractivity contribution in [2.75, 3.05) is 6.61 Å². The standard InChI is InChI=1S/C27H24FI2NO5S2/c28-22-11-8-20(9-12-22)25(36-38-30)15-10-21(16-18-6-13-23(14-7-18)35-37-29)26(32)31-24(17-34-27(31)33)19-4-2-1-3-5-19/h1-9,11-14,21,24-25H,10,15-17H2. The van der Waals surface area contributed by atoms with E-state index in [0.29, 0.717) is 25.0 Å². The Kier molecular flexibility index (Phi) is 11.4. The molecule has 1 fully saturated rings. The molecular formula is C27H24FI2NO5S2. The van der Waals surface area contributed by atoms with Crippen LogP contribution in [0.25, 0.3) is 0 Å². The smallest absolute Gasteiger partial charge is 0.417 e. The molecule has 1 heterocycles. The van der Waals surface area contributed by atoms with Gasteiger partial charge in [0.1, 0.15) is 33.4 Å². The summed E-state index contributed by atoms with van der Waals surface area (Å²) in [4.78, 5) is 28.0. The monoisotopic (exact) mass is 779 g/mol. The molecule has 1 saturated heterocycles. The van der Waals surface area contributed by atoms with Crippen LogP contribution >= 0.6 is 60.8 Å². The number of imide groups is 1. The molecule has 38 heavy (non-hydrogen) atoms. The van der Waals surface area contributed by atoms with Crippen molar-refractivity contribution >= 4 is 72.8 Å². The Morgan fingerprint density at radius 3 is 2.37 bits per heavy atom. The average Bonchev–Trinajstić information content (AvgIpc) is 3.33. The predicted octanol–water partition coefficient (Wildman–Crippen LogP) is 8.62. The quantitative estimate of drug-likeness (QED) is 0.135. The molecule has 0 saturated carbocycles. The first-order valence-electron chi connectivity index (χ1n) is 11.8. The Hall–Kier alpha value is -1.55. The van der Waals surface area contributed by atoms with Gasteiger partial charge in [-0.2, -0.15) is 0 Å². The van der Waals surface area contributed by atoms with Gasteiger partial charge in [0.25, 0.3) is 0 Å². The van der Waals surface area contributed by atoms with Gasteiger partial charge in [0.15, 0.2) is 0 Å². The molecule has 200 valence electrons. The van der Waals surface area contributed by atoms with Gasteiger partial charge in [-0.05, 0) is 60.2 Å². The fourth-order valence-electron chi connectivity index (χ4n) is 4.44. The highest BCUT2D eigenvalue weighted by Gasteiger charge is 2.41. The van der Waals surface area contributed by atoms with E-state index in [1.54, 1.807) is 12.1 Å². The summed E-state index contributed by atoms with van der Waals surface area (Å²) in [5, 5.41) is 0. The van der Waals surface area contributed by atoms with Crippen LogP contribution < -0.4 is 4.18 Å². The van der Waals surface area contributed by atoms with E-state index in [2.05, 4.69) is 21.2 Å². The third-order valence-electron chi connectivity index (χ3n) is 6.35. The van der Waals surface area contributed by atoms with Gasteiger partial charge in [-0.3, -0.25) is 8.98 Å². The Morgan fingerprint density at radius 2 is 1.71 bits per heavy atom. The molecule has 3 aromatic carbocycles. The minimum atomic E-state index is -0.633. The zero-order valence-electron chi connectivity index (χ0n) is 20.0. The lowest BCUT2D eigenvalue weighted by Crippen LogP contribution is -2.39. The van der Waals surface area contributed by atoms with Gasteiger partial charge in [0.05, 0.1) is 15.3 Å². The lowest BCUT2D eigenvalue weighted by molar-refractivity contribution is -0.133. The number of carbonyl (C=O) groups excluding carboxylic acids is 2. The molecule has 0 aliphatic carbocycles. The van der Waals surface area contributed by atoms with E-state index in [1.165, 1.54) is 35.5 Å². The molecule has 6 nitrogen and oxygen atoms in total. The number of carbonyl (C=O) groups is 2. The van der Waals surface area contributed by atoms with Crippen molar-refractivity contribution in [1.29, 1.82) is 0 Å². The summed E-state index contributed by atoms with van der Waals surface area (Å²) in [6.45, 7) is 0.119. The molecule has 1 aliphatic heterocycles. The molecule has 3 aromatic rings. The second-order valence-electron chi connectivity index (χ2n) is 8.68. The number of ether oxygens (including phenoxy) is 1. The molecular weight excluding hydrogens is 755 g/mol. The lowest BCUT2D eigenvalue weighted by Gasteiger charge is -2.26. The van der Waals surface area contributed by atoms with Crippen molar-refractivity contribution in [3.63, 3.8) is 0 Å². The Morgan fingerprint density at radius 1 is 1.00 bits per heavy atom. The summed E-state index contributed by atoms with van der Waals surface area (Å²) in [7, 11) is 2.42. The van der Waals surface area contributed by atoms with Crippen LogP contribution in [0.3, 0.4) is 0 Å². The van der Waals surface area contributed by atoms with Crippen LogP contribution in [0, 0.1) is 11.7 Å². The summed E-state index contributed by atoms with van der Waals surface area (Å²) >= 11 is 4.10. The Balaban J connectivity index is 1.58. The van der Waals surface area contributed by atoms with E-state index in [4.69, 9.17) is 13.1 Å². The zero-order valence-corrected chi connectivity index (χ0v) is 26.0. The van der Waals surface area contributed by atoms with Gasteiger partial charge in [-0.15, -0.1) is 0 Å². The second-order valence-corrected chi connectivity index (χ2v) is 11.4. The van der Waals surface area contributed by atoms with Crippen molar-refractivity contribution in [2.45, 2.75) is 31.4 Å². The minimum Gasteiger partial charge on any atom is -0.446 e. The van der Waals surface area contributed by atoms with Gasteiger partial charge < -0.3 is 8.92 Å². The van der Waals surface area contributed by atoms with E-state index in [-0.39, 0.29) is 24.4 Å². The first-order chi connectivity index (χ1) is 18.5. The van der Waals surface area contributed by atoms with Gasteiger partial charge in [-0.1, -0.05) is 54.6 Å². The van der Waals surface area contributed by atoms with Gasteiger partial charge in [0, 0.05) is 48.3 Å². The van der Waals surface area contributed by atoms with Gasteiger partial charge >= 0.3 is 6.09 Å². The number of hydrogen-bond acceptors (Lipinski definition) is 7. The molecule has 1 aliphatic rings. The molecule has 4 rings (SSSR count). The van der Waals surface area contributed by atoms with E-state index < -0.39 is 18.1 Å². The van der Waals surface area contributed by atoms with Crippen molar-refractivity contribution < 1.29 is 27.1 Å². The summed E-state index contributed by atoms with van der Waals surface area (Å²) in [5.74, 6) is -0.407. The van der Waals surface area contributed by atoms with Gasteiger partial charge in [0.2, 0.25) is 5.91 Å². The highest BCUT2D eigenvalue weighted by atomic mass is 127. The van der Waals surface area contributed by atoms with Crippen LogP contribution in [-0.2, 0) is 20.1 Å². The first-order valence-corrected chi connectivity index (χ1v) is 18.4. The summed E-state index contributed by atoms with van der Waals surface area (Å²) < 4.78 is 30.2. The molecule has 0 spiro atoms. The second kappa shape index (κ2) is 14.7. The van der Waals surface area contributed by atoms with Crippen LogP contribution in [0.1, 0.15) is 41.7 Å². The van der Waals surface area contributed by atoms with Crippen LogP contribution in [0.15, 0.2) is 78.9 Å². The molecule has 2 amide bonds. The predicted molar refractivity (Wildman–Crippen MR) is 164 cm³/mol. The van der Waals surface area contributed by atoms with Crippen LogP contribution in [0.2, 0.25) is 0 Å². The highest BCUT2D eigenvalue weighted by Crippen LogP contribution is 2.35. The summed E-state index contributed by atoms with van der Waals surface area (Å²) in [5.41, 5.74) is 2.61. The third kappa shape index (κ3) is 7.77. The maximum absolute atomic E-state index is 14.0. The molecule has 11 heteroatoms. The van der Waals surface area contributed by atoms with Crippen LogP contribution in [-0.4, -0.2) is 23.5 Å². The molecule has 0 radical (unpaired) electrons. The van der Waals surface area contributed by atoms with Crippen LogP contribution in [0.5, 0.6) is 5.75 Å². The zero-order chi connectivity index (χ0) is 26.9. The number of benzene rings is 3. The maximum Gasteiger partial charge on any atom is 0.417 e. The molecule has 3 unspecified atom stereocenters. The lowest BCUT2D eigenvalue weighted by atomic mass is 9.90. The molecule has 0 bridgehead atoms. The number of halogens is 3. The number of cyclic esters (lactones) is 1. The van der Waals surface area contributed by atoms with E-state index in [9.17, 15) is 14.0 Å². The van der Waals surface area contributed by atoms with Crippen molar-refractivity contribution in [3.05, 3.63) is 101 Å². The number of hydrogen-bond donors (Lipinski definition) is 0. The van der Waals surface area contributed by atoms with E-state index in [0.717, 1.165) is 16.7 Å². The SMILES string of the molecule is O=C1OCC(c2ccccc2)N1C(=O)C(CCC(OSI)c1ccc(F)cc1)Cc1ccc(OSI)cc1. The number of nitrogens with zero attached hydrogens (tertiary/aromatic N) is 1. The first kappa shape index (κ1) is 29.4.